The van der Waals surface area contributed by atoms with Crippen molar-refractivity contribution in [3.63, 3.8) is 0 Å². The van der Waals surface area contributed by atoms with E-state index in [4.69, 9.17) is 4.74 Å². The summed E-state index contributed by atoms with van der Waals surface area (Å²) in [6.07, 6.45) is 5.81. The summed E-state index contributed by atoms with van der Waals surface area (Å²) in [5.74, 6) is 2.19. The van der Waals surface area contributed by atoms with Gasteiger partial charge in [-0.25, -0.2) is 0 Å². The van der Waals surface area contributed by atoms with Gasteiger partial charge in [-0.15, -0.1) is 11.3 Å². The van der Waals surface area contributed by atoms with Crippen LogP contribution in [-0.2, 0) is 10.9 Å². The van der Waals surface area contributed by atoms with Crippen LogP contribution in [0, 0.1) is 0 Å². The molecule has 22 heavy (non-hydrogen) atoms. The Morgan fingerprint density at radius 1 is 1.00 bits per heavy atom. The minimum Gasteiger partial charge on any atom is -0.484 e. The van der Waals surface area contributed by atoms with Crippen LogP contribution in [0.5, 0.6) is 5.75 Å². The van der Waals surface area contributed by atoms with Crippen molar-refractivity contribution < 1.29 is 4.74 Å². The van der Waals surface area contributed by atoms with Crippen LogP contribution in [0.1, 0.15) is 17.4 Å². The highest BCUT2D eigenvalue weighted by molar-refractivity contribution is 7.95. The third-order valence-corrected chi connectivity index (χ3v) is 5.68. The average molecular weight is 330 g/mol. The van der Waals surface area contributed by atoms with E-state index in [1.807, 2.05) is 0 Å². The minimum atomic E-state index is 0.153. The van der Waals surface area contributed by atoms with E-state index in [0.717, 1.165) is 12.2 Å². The van der Waals surface area contributed by atoms with Gasteiger partial charge in [0.05, 0.1) is 12.5 Å². The molecule has 3 heteroatoms. The van der Waals surface area contributed by atoms with Gasteiger partial charge in [0.25, 0.3) is 0 Å². The summed E-state index contributed by atoms with van der Waals surface area (Å²) >= 11 is 1.79. The summed E-state index contributed by atoms with van der Waals surface area (Å²) in [6.45, 7) is 0. The molecule has 0 N–H and O–H groups in total. The van der Waals surface area contributed by atoms with Gasteiger partial charge in [0.1, 0.15) is 17.6 Å². The molecule has 1 heterocycles. The summed E-state index contributed by atoms with van der Waals surface area (Å²) in [7, 11) is 0.442. The second-order valence-electron chi connectivity index (χ2n) is 5.58. The standard InChI is InChI=1S/C19H21OS2/c1-22(2)14-12-18(19-11-6-13-21-19)20-17-10-5-8-15-7-3-4-9-16(15)17/h3-11,13,18H,12,14H2,1-2H3/q+1/t18-/m0/s1. The first-order valence-corrected chi connectivity index (χ1v) is 10.5. The molecule has 0 radical (unpaired) electrons. The Morgan fingerprint density at radius 3 is 2.59 bits per heavy atom. The molecule has 2 aromatic carbocycles. The summed E-state index contributed by atoms with van der Waals surface area (Å²) in [6, 6.07) is 19.0. The van der Waals surface area contributed by atoms with E-state index in [-0.39, 0.29) is 6.10 Å². The van der Waals surface area contributed by atoms with Crippen molar-refractivity contribution in [2.24, 2.45) is 0 Å². The first-order chi connectivity index (χ1) is 10.7. The maximum atomic E-state index is 6.44. The first kappa shape index (κ1) is 15.4. The Kier molecular flexibility index (Phi) is 5.06. The van der Waals surface area contributed by atoms with Gasteiger partial charge < -0.3 is 4.74 Å². The molecular weight excluding hydrogens is 308 g/mol. The molecule has 0 spiro atoms. The van der Waals surface area contributed by atoms with Gasteiger partial charge in [0.15, 0.2) is 0 Å². The lowest BCUT2D eigenvalue weighted by Gasteiger charge is -2.18. The van der Waals surface area contributed by atoms with Crippen molar-refractivity contribution in [3.05, 3.63) is 64.9 Å². The molecule has 1 atom stereocenters. The Labute approximate surface area is 139 Å². The molecule has 0 amide bonds. The molecule has 0 aliphatic heterocycles. The second kappa shape index (κ2) is 7.21. The zero-order valence-corrected chi connectivity index (χ0v) is 14.6. The van der Waals surface area contributed by atoms with Crippen molar-refractivity contribution >= 4 is 33.0 Å². The normalized spacial score (nSPS) is 12.7. The van der Waals surface area contributed by atoms with Crippen LogP contribution in [0.4, 0.5) is 0 Å². The molecule has 0 fully saturated rings. The monoisotopic (exact) mass is 329 g/mol. The van der Waals surface area contributed by atoms with Gasteiger partial charge in [0, 0.05) is 16.7 Å². The third-order valence-electron chi connectivity index (χ3n) is 3.67. The third kappa shape index (κ3) is 3.65. The molecule has 0 bridgehead atoms. The van der Waals surface area contributed by atoms with Crippen molar-refractivity contribution in [3.8, 4) is 5.75 Å². The zero-order chi connectivity index (χ0) is 15.4. The van der Waals surface area contributed by atoms with Gasteiger partial charge in [-0.05, 0) is 33.8 Å². The van der Waals surface area contributed by atoms with Crippen LogP contribution in [-0.4, -0.2) is 18.3 Å². The van der Waals surface area contributed by atoms with E-state index in [2.05, 4.69) is 72.5 Å². The van der Waals surface area contributed by atoms with Gasteiger partial charge in [-0.1, -0.05) is 42.5 Å². The molecule has 114 valence electrons. The van der Waals surface area contributed by atoms with Crippen LogP contribution >= 0.6 is 11.3 Å². The quantitative estimate of drug-likeness (QED) is 0.558. The fourth-order valence-electron chi connectivity index (χ4n) is 2.53. The van der Waals surface area contributed by atoms with E-state index < -0.39 is 0 Å². The molecule has 0 aliphatic carbocycles. The van der Waals surface area contributed by atoms with E-state index in [9.17, 15) is 0 Å². The van der Waals surface area contributed by atoms with Crippen LogP contribution in [0.15, 0.2) is 60.0 Å². The SMILES string of the molecule is C[S+](C)CC[C@H](Oc1cccc2ccccc12)c1cccs1. The Morgan fingerprint density at radius 2 is 1.82 bits per heavy atom. The Hall–Kier alpha value is -1.45. The van der Waals surface area contributed by atoms with Gasteiger partial charge in [0.2, 0.25) is 0 Å². The van der Waals surface area contributed by atoms with E-state index in [1.54, 1.807) is 11.3 Å². The first-order valence-electron chi connectivity index (χ1n) is 7.46. The summed E-state index contributed by atoms with van der Waals surface area (Å²) in [5, 5.41) is 4.56. The zero-order valence-electron chi connectivity index (χ0n) is 13.0. The summed E-state index contributed by atoms with van der Waals surface area (Å²) in [5.41, 5.74) is 0. The molecule has 3 rings (SSSR count). The fraction of sp³-hybridized carbons (Fsp3) is 0.263. The van der Waals surface area contributed by atoms with Gasteiger partial charge >= 0.3 is 0 Å². The minimum absolute atomic E-state index is 0.153. The summed E-state index contributed by atoms with van der Waals surface area (Å²) < 4.78 is 6.44. The highest BCUT2D eigenvalue weighted by Crippen LogP contribution is 2.32. The fourth-order valence-corrected chi connectivity index (χ4v) is 4.00. The van der Waals surface area contributed by atoms with E-state index in [0.29, 0.717) is 10.9 Å². The highest BCUT2D eigenvalue weighted by Gasteiger charge is 2.18. The molecule has 0 aliphatic rings. The number of rotatable bonds is 6. The van der Waals surface area contributed by atoms with Gasteiger partial charge in [-0.2, -0.15) is 0 Å². The molecule has 3 aromatic rings. The topological polar surface area (TPSA) is 9.23 Å². The molecule has 0 saturated carbocycles. The number of hydrogen-bond donors (Lipinski definition) is 0. The van der Waals surface area contributed by atoms with Crippen LogP contribution < -0.4 is 4.74 Å². The lowest BCUT2D eigenvalue weighted by molar-refractivity contribution is 0.209. The van der Waals surface area contributed by atoms with Crippen molar-refractivity contribution in [1.29, 1.82) is 0 Å². The predicted molar refractivity (Wildman–Crippen MR) is 100 cm³/mol. The smallest absolute Gasteiger partial charge is 0.137 e. The van der Waals surface area contributed by atoms with Crippen LogP contribution in [0.3, 0.4) is 0 Å². The molecular formula is C19H21OS2+. The Balaban J connectivity index is 1.88. The molecule has 1 aromatic heterocycles. The number of fused-ring (bicyclic) bond motifs is 1. The maximum Gasteiger partial charge on any atom is 0.137 e. The lowest BCUT2D eigenvalue weighted by atomic mass is 10.1. The van der Waals surface area contributed by atoms with Crippen LogP contribution in [0.2, 0.25) is 0 Å². The average Bonchev–Trinajstić information content (AvgIpc) is 3.05. The lowest BCUT2D eigenvalue weighted by Crippen LogP contribution is -2.12. The van der Waals surface area contributed by atoms with E-state index in [1.165, 1.54) is 21.4 Å². The Bertz CT molecular complexity index is 714. The molecule has 0 unspecified atom stereocenters. The number of thiophene rings is 1. The largest absolute Gasteiger partial charge is 0.484 e. The predicted octanol–water partition coefficient (Wildman–Crippen LogP) is 5.29. The summed E-state index contributed by atoms with van der Waals surface area (Å²) in [4.78, 5) is 1.32. The van der Waals surface area contributed by atoms with Crippen molar-refractivity contribution in [1.82, 2.24) is 0 Å². The van der Waals surface area contributed by atoms with Gasteiger partial charge in [-0.3, -0.25) is 0 Å². The number of hydrogen-bond acceptors (Lipinski definition) is 2. The highest BCUT2D eigenvalue weighted by atomic mass is 32.2. The second-order valence-corrected chi connectivity index (χ2v) is 8.94. The number of benzene rings is 2. The molecule has 1 nitrogen and oxygen atoms in total. The molecule has 0 saturated heterocycles. The number of ether oxygens (including phenoxy) is 1. The maximum absolute atomic E-state index is 6.44. The van der Waals surface area contributed by atoms with E-state index >= 15 is 0 Å². The van der Waals surface area contributed by atoms with Crippen molar-refractivity contribution in [2.75, 3.05) is 18.3 Å². The van der Waals surface area contributed by atoms with Crippen LogP contribution in [0.25, 0.3) is 10.8 Å². The van der Waals surface area contributed by atoms with Crippen molar-refractivity contribution in [2.45, 2.75) is 12.5 Å².